The van der Waals surface area contributed by atoms with Crippen LogP contribution >= 0.6 is 0 Å². The van der Waals surface area contributed by atoms with Gasteiger partial charge in [-0.15, -0.1) is 0 Å². The third-order valence-corrected chi connectivity index (χ3v) is 5.36. The molecule has 0 bridgehead atoms. The number of hydrogen-bond donors (Lipinski definition) is 2. The summed E-state index contributed by atoms with van der Waals surface area (Å²) in [6.07, 6.45) is 2.97. The van der Waals surface area contributed by atoms with Crippen LogP contribution in [0.3, 0.4) is 0 Å². The van der Waals surface area contributed by atoms with E-state index >= 15 is 0 Å². The van der Waals surface area contributed by atoms with E-state index in [0.717, 1.165) is 18.4 Å². The van der Waals surface area contributed by atoms with Gasteiger partial charge in [-0.2, -0.15) is 0 Å². The zero-order valence-corrected chi connectivity index (χ0v) is 14.3. The van der Waals surface area contributed by atoms with Gasteiger partial charge in [-0.25, -0.2) is 0 Å². The Hall–Kier alpha value is -1.02. The van der Waals surface area contributed by atoms with Crippen LogP contribution in [0.4, 0.5) is 0 Å². The zero-order chi connectivity index (χ0) is 17.2. The second-order valence-electron chi connectivity index (χ2n) is 7.18. The quantitative estimate of drug-likeness (QED) is 0.867. The van der Waals surface area contributed by atoms with Crippen LogP contribution in [0.15, 0.2) is 30.3 Å². The van der Waals surface area contributed by atoms with Gasteiger partial charge in [0.05, 0.1) is 18.8 Å². The molecule has 1 aromatic carbocycles. The van der Waals surface area contributed by atoms with Crippen LogP contribution in [0.25, 0.3) is 0 Å². The second kappa shape index (κ2) is 7.70. The van der Waals surface area contributed by atoms with E-state index in [9.17, 15) is 5.11 Å². The summed E-state index contributed by atoms with van der Waals surface area (Å²) in [4.78, 5) is 0. The number of nitrogens with two attached hydrogens (primary N) is 1. The number of benzene rings is 1. The Bertz CT molecular complexity index is 548. The molecule has 138 valence electrons. The second-order valence-corrected chi connectivity index (χ2v) is 7.18. The first kappa shape index (κ1) is 17.4. The van der Waals surface area contributed by atoms with Crippen LogP contribution in [-0.4, -0.2) is 48.5 Å². The van der Waals surface area contributed by atoms with Crippen LogP contribution < -0.4 is 5.73 Å². The maximum Gasteiger partial charge on any atom is 0.184 e. The highest BCUT2D eigenvalue weighted by atomic mass is 16.7. The van der Waals surface area contributed by atoms with Gasteiger partial charge in [0, 0.05) is 5.56 Å². The van der Waals surface area contributed by atoms with E-state index in [1.165, 1.54) is 19.3 Å². The third-order valence-electron chi connectivity index (χ3n) is 5.36. The van der Waals surface area contributed by atoms with E-state index < -0.39 is 30.8 Å². The number of aliphatic hydroxyl groups is 1. The highest BCUT2D eigenvalue weighted by Crippen LogP contribution is 2.34. The van der Waals surface area contributed by atoms with Gasteiger partial charge in [-0.3, -0.25) is 0 Å². The van der Waals surface area contributed by atoms with Crippen molar-refractivity contribution >= 4 is 0 Å². The summed E-state index contributed by atoms with van der Waals surface area (Å²) in [7, 11) is 0. The first-order valence-electron chi connectivity index (χ1n) is 9.29. The molecule has 0 spiro atoms. The Labute approximate surface area is 148 Å². The lowest BCUT2D eigenvalue weighted by Crippen LogP contribution is -2.65. The van der Waals surface area contributed by atoms with Crippen molar-refractivity contribution in [3.8, 4) is 0 Å². The average Bonchev–Trinajstić information content (AvgIpc) is 2.67. The van der Waals surface area contributed by atoms with Gasteiger partial charge in [0.1, 0.15) is 18.3 Å². The summed E-state index contributed by atoms with van der Waals surface area (Å²) >= 11 is 0. The number of rotatable bonds is 3. The van der Waals surface area contributed by atoms with Crippen LogP contribution in [-0.2, 0) is 18.9 Å². The predicted octanol–water partition coefficient (Wildman–Crippen LogP) is 1.86. The number of fused-ring (bicyclic) bond motifs is 1. The van der Waals surface area contributed by atoms with Crippen molar-refractivity contribution in [2.45, 2.75) is 75.1 Å². The van der Waals surface area contributed by atoms with Gasteiger partial charge in [0.25, 0.3) is 0 Å². The Balaban J connectivity index is 1.40. The van der Waals surface area contributed by atoms with Crippen molar-refractivity contribution in [1.29, 1.82) is 0 Å². The first-order chi connectivity index (χ1) is 12.2. The minimum atomic E-state index is -0.845. The molecule has 6 nitrogen and oxygen atoms in total. The summed E-state index contributed by atoms with van der Waals surface area (Å²) in [6.45, 7) is 0.346. The Morgan fingerprint density at radius 2 is 1.80 bits per heavy atom. The molecule has 3 fully saturated rings. The zero-order valence-electron chi connectivity index (χ0n) is 14.3. The van der Waals surface area contributed by atoms with E-state index in [1.807, 2.05) is 30.3 Å². The highest BCUT2D eigenvalue weighted by molar-refractivity contribution is 5.16. The summed E-state index contributed by atoms with van der Waals surface area (Å²) in [5.41, 5.74) is 7.13. The lowest BCUT2D eigenvalue weighted by atomic mass is 9.95. The molecule has 1 unspecified atom stereocenters. The van der Waals surface area contributed by atoms with Crippen molar-refractivity contribution < 1.29 is 24.1 Å². The van der Waals surface area contributed by atoms with Crippen molar-refractivity contribution in [3.63, 3.8) is 0 Å². The lowest BCUT2D eigenvalue weighted by molar-refractivity contribution is -0.347. The van der Waals surface area contributed by atoms with Gasteiger partial charge in [-0.05, 0) is 12.8 Å². The minimum absolute atomic E-state index is 0.163. The maximum absolute atomic E-state index is 10.7. The lowest BCUT2D eigenvalue weighted by Gasteiger charge is -2.47. The normalized spacial score (nSPS) is 39.8. The van der Waals surface area contributed by atoms with Crippen LogP contribution in [0, 0.1) is 0 Å². The molecule has 2 heterocycles. The van der Waals surface area contributed by atoms with E-state index in [1.54, 1.807) is 0 Å². The molecule has 1 saturated carbocycles. The minimum Gasteiger partial charge on any atom is -0.388 e. The fourth-order valence-corrected chi connectivity index (χ4v) is 3.91. The highest BCUT2D eigenvalue weighted by Gasteiger charge is 2.49. The van der Waals surface area contributed by atoms with Crippen LogP contribution in [0.5, 0.6) is 0 Å². The van der Waals surface area contributed by atoms with Crippen LogP contribution in [0.2, 0.25) is 0 Å². The van der Waals surface area contributed by atoms with Gasteiger partial charge >= 0.3 is 0 Å². The fourth-order valence-electron chi connectivity index (χ4n) is 3.91. The standard InChI is InChI=1S/C19H27NO5/c20-15-16(21)17-14(24-19(15)23-13-9-5-2-6-10-13)11-22-18(25-17)12-7-3-1-4-8-12/h1,3-4,7-8,13-19,21H,2,5-6,9-11,20H2/t14-,15-,16-,17-,18?,19-/m1/s1. The molecule has 1 aromatic rings. The molecular formula is C19H27NO5. The molecule has 0 radical (unpaired) electrons. The van der Waals surface area contributed by atoms with Gasteiger partial charge in [-0.1, -0.05) is 49.6 Å². The maximum atomic E-state index is 10.7. The molecule has 6 heteroatoms. The van der Waals surface area contributed by atoms with Crippen LogP contribution in [0.1, 0.15) is 44.0 Å². The number of hydrogen-bond acceptors (Lipinski definition) is 6. The van der Waals surface area contributed by atoms with E-state index in [4.69, 9.17) is 24.7 Å². The fraction of sp³-hybridized carbons (Fsp3) is 0.684. The van der Waals surface area contributed by atoms with E-state index in [0.29, 0.717) is 6.61 Å². The molecule has 25 heavy (non-hydrogen) atoms. The predicted molar refractivity (Wildman–Crippen MR) is 90.6 cm³/mol. The van der Waals surface area contributed by atoms with E-state index in [2.05, 4.69) is 0 Å². The Morgan fingerprint density at radius 3 is 2.56 bits per heavy atom. The molecule has 2 saturated heterocycles. The van der Waals surface area contributed by atoms with Gasteiger partial charge in [0.15, 0.2) is 12.6 Å². The van der Waals surface area contributed by atoms with E-state index in [-0.39, 0.29) is 12.2 Å². The van der Waals surface area contributed by atoms with Gasteiger partial charge in [0.2, 0.25) is 0 Å². The topological polar surface area (TPSA) is 83.2 Å². The monoisotopic (exact) mass is 349 g/mol. The Morgan fingerprint density at radius 1 is 1.04 bits per heavy atom. The summed E-state index contributed by atoms with van der Waals surface area (Å²) in [5.74, 6) is 0. The molecule has 2 aliphatic heterocycles. The molecule has 0 aromatic heterocycles. The molecule has 3 N–H and O–H groups in total. The molecule has 1 aliphatic carbocycles. The number of ether oxygens (including phenoxy) is 4. The van der Waals surface area contributed by atoms with Crippen molar-refractivity contribution in [3.05, 3.63) is 35.9 Å². The SMILES string of the molecule is N[C@H]1[C@H](OC2CCCCC2)O[C@@H]2COC(c3ccccc3)O[C@H]2[C@@H]1O. The third kappa shape index (κ3) is 3.74. The largest absolute Gasteiger partial charge is 0.388 e. The average molecular weight is 349 g/mol. The molecule has 3 aliphatic rings. The van der Waals surface area contributed by atoms with Crippen molar-refractivity contribution in [2.75, 3.05) is 6.61 Å². The number of aliphatic hydroxyl groups excluding tert-OH is 1. The smallest absolute Gasteiger partial charge is 0.184 e. The Kier molecular flexibility index (Phi) is 5.36. The summed E-state index contributed by atoms with van der Waals surface area (Å²) in [6, 6.07) is 9.06. The summed E-state index contributed by atoms with van der Waals surface area (Å²) < 4.78 is 23.8. The van der Waals surface area contributed by atoms with Crippen molar-refractivity contribution in [2.24, 2.45) is 5.73 Å². The molecule has 6 atom stereocenters. The molecule has 4 rings (SSSR count). The van der Waals surface area contributed by atoms with Gasteiger partial charge < -0.3 is 29.8 Å². The molecular weight excluding hydrogens is 322 g/mol. The van der Waals surface area contributed by atoms with Crippen molar-refractivity contribution in [1.82, 2.24) is 0 Å². The first-order valence-corrected chi connectivity index (χ1v) is 9.29. The summed E-state index contributed by atoms with van der Waals surface area (Å²) in [5, 5.41) is 10.7. The molecule has 0 amide bonds.